The number of carbonyl (C=O) groups excluding carboxylic acids is 3. The highest BCUT2D eigenvalue weighted by molar-refractivity contribution is 6.36. The van der Waals surface area contributed by atoms with Crippen molar-refractivity contribution in [3.05, 3.63) is 108 Å². The predicted molar refractivity (Wildman–Crippen MR) is 109 cm³/mol. The van der Waals surface area contributed by atoms with E-state index < -0.39 is 17.8 Å². The average Bonchev–Trinajstić information content (AvgIpc) is 2.78. The zero-order valence-electron chi connectivity index (χ0n) is 15.7. The summed E-state index contributed by atoms with van der Waals surface area (Å²) in [7, 11) is 0. The largest absolute Gasteiger partial charge is 0.413 e. The van der Waals surface area contributed by atoms with Gasteiger partial charge < -0.3 is 0 Å². The highest BCUT2D eigenvalue weighted by atomic mass is 16.7. The Morgan fingerprint density at radius 3 is 2.03 bits per heavy atom. The lowest BCUT2D eigenvalue weighted by molar-refractivity contribution is -0.868. The number of benzene rings is 3. The lowest BCUT2D eigenvalue weighted by atomic mass is 9.93. The minimum Gasteiger partial charge on any atom is -0.268 e. The molecule has 6 nitrogen and oxygen atoms in total. The second kappa shape index (κ2) is 6.93. The summed E-state index contributed by atoms with van der Waals surface area (Å²) in [4.78, 5) is 45.8. The van der Waals surface area contributed by atoms with Crippen molar-refractivity contribution in [2.45, 2.75) is 0 Å². The SMILES string of the molecule is O=C(O[n+]1ccccc1)c1ccccc1N1C(=O)c2cccc3cccc(c23)C1=O. The number of amides is 2. The molecule has 2 amide bonds. The molecule has 0 aliphatic carbocycles. The van der Waals surface area contributed by atoms with Gasteiger partial charge in [-0.1, -0.05) is 42.5 Å². The van der Waals surface area contributed by atoms with Crippen LogP contribution >= 0.6 is 0 Å². The van der Waals surface area contributed by atoms with Gasteiger partial charge in [0.2, 0.25) is 12.4 Å². The number of hydrogen-bond donors (Lipinski definition) is 0. The third kappa shape index (κ3) is 2.74. The fourth-order valence-corrected chi connectivity index (χ4v) is 3.68. The summed E-state index contributed by atoms with van der Waals surface area (Å²) in [5, 5.41) is 1.45. The van der Waals surface area contributed by atoms with E-state index in [2.05, 4.69) is 0 Å². The van der Waals surface area contributed by atoms with Crippen LogP contribution in [-0.2, 0) is 0 Å². The number of pyridine rings is 1. The van der Waals surface area contributed by atoms with E-state index in [1.807, 2.05) is 12.1 Å². The first-order chi connectivity index (χ1) is 14.6. The van der Waals surface area contributed by atoms with Crippen molar-refractivity contribution in [3.63, 3.8) is 0 Å². The van der Waals surface area contributed by atoms with E-state index in [1.165, 1.54) is 10.8 Å². The monoisotopic (exact) mass is 395 g/mol. The Balaban J connectivity index is 1.61. The van der Waals surface area contributed by atoms with E-state index in [0.717, 1.165) is 10.3 Å². The molecule has 0 saturated carbocycles. The Labute approximate surface area is 171 Å². The van der Waals surface area contributed by atoms with Crippen molar-refractivity contribution in [2.24, 2.45) is 0 Å². The molecule has 0 radical (unpaired) electrons. The van der Waals surface area contributed by atoms with Crippen LogP contribution in [0.4, 0.5) is 5.69 Å². The summed E-state index contributed by atoms with van der Waals surface area (Å²) in [5.74, 6) is -1.63. The number of rotatable bonds is 3. The number of para-hydroxylation sites is 1. The zero-order chi connectivity index (χ0) is 20.7. The van der Waals surface area contributed by atoms with Crippen molar-refractivity contribution < 1.29 is 24.0 Å². The molecule has 0 unspecified atom stereocenters. The molecule has 2 heterocycles. The van der Waals surface area contributed by atoms with Crippen LogP contribution in [0.1, 0.15) is 31.1 Å². The second-order valence-corrected chi connectivity index (χ2v) is 6.79. The smallest absolute Gasteiger partial charge is 0.268 e. The van der Waals surface area contributed by atoms with Crippen molar-refractivity contribution >= 4 is 34.2 Å². The number of nitrogens with zero attached hydrogens (tertiary/aromatic N) is 2. The Kier molecular flexibility index (Phi) is 4.10. The van der Waals surface area contributed by atoms with Crippen LogP contribution in [0.5, 0.6) is 0 Å². The van der Waals surface area contributed by atoms with Crippen LogP contribution in [0.3, 0.4) is 0 Å². The first kappa shape index (κ1) is 17.8. The molecule has 0 fully saturated rings. The first-order valence-electron chi connectivity index (χ1n) is 9.34. The highest BCUT2D eigenvalue weighted by Crippen LogP contribution is 2.34. The van der Waals surface area contributed by atoms with Gasteiger partial charge in [-0.25, -0.2) is 9.69 Å². The van der Waals surface area contributed by atoms with Crippen LogP contribution in [-0.4, -0.2) is 17.8 Å². The fourth-order valence-electron chi connectivity index (χ4n) is 3.68. The lowest BCUT2D eigenvalue weighted by Gasteiger charge is -2.28. The molecule has 6 heteroatoms. The number of anilines is 1. The number of aromatic nitrogens is 1. The Morgan fingerprint density at radius 2 is 1.37 bits per heavy atom. The molecule has 1 aliphatic heterocycles. The first-order valence-corrected chi connectivity index (χ1v) is 9.34. The van der Waals surface area contributed by atoms with Gasteiger partial charge in [0, 0.05) is 33.4 Å². The third-order valence-electron chi connectivity index (χ3n) is 5.01. The van der Waals surface area contributed by atoms with Gasteiger partial charge in [0.15, 0.2) is 0 Å². The molecule has 1 aromatic heterocycles. The zero-order valence-corrected chi connectivity index (χ0v) is 15.7. The molecular formula is C24H15N2O4+. The third-order valence-corrected chi connectivity index (χ3v) is 5.01. The predicted octanol–water partition coefficient (Wildman–Crippen LogP) is 3.20. The molecule has 0 N–H and O–H groups in total. The highest BCUT2D eigenvalue weighted by Gasteiger charge is 2.36. The molecule has 144 valence electrons. The van der Waals surface area contributed by atoms with E-state index in [0.29, 0.717) is 16.5 Å². The number of carbonyl (C=O) groups is 3. The number of hydrogen-bond acceptors (Lipinski definition) is 4. The van der Waals surface area contributed by atoms with Crippen LogP contribution in [0.2, 0.25) is 0 Å². The van der Waals surface area contributed by atoms with Crippen LogP contribution in [0.15, 0.2) is 91.3 Å². The van der Waals surface area contributed by atoms with Gasteiger partial charge in [0.25, 0.3) is 11.8 Å². The lowest BCUT2D eigenvalue weighted by Crippen LogP contribution is -2.46. The summed E-state index contributed by atoms with van der Waals surface area (Å²) in [6, 6.07) is 22.3. The van der Waals surface area contributed by atoms with E-state index in [4.69, 9.17) is 4.84 Å². The topological polar surface area (TPSA) is 67.6 Å². The van der Waals surface area contributed by atoms with E-state index in [1.54, 1.807) is 73.1 Å². The van der Waals surface area contributed by atoms with E-state index in [-0.39, 0.29) is 11.3 Å². The summed E-state index contributed by atoms with van der Waals surface area (Å²) < 4.78 is 1.26. The van der Waals surface area contributed by atoms with Gasteiger partial charge in [0.05, 0.1) is 11.3 Å². The van der Waals surface area contributed by atoms with Crippen LogP contribution in [0, 0.1) is 0 Å². The van der Waals surface area contributed by atoms with Crippen molar-refractivity contribution in [3.8, 4) is 0 Å². The maximum atomic E-state index is 13.3. The summed E-state index contributed by atoms with van der Waals surface area (Å²) in [6.45, 7) is 0. The van der Waals surface area contributed by atoms with Gasteiger partial charge in [-0.15, -0.1) is 0 Å². The summed E-state index contributed by atoms with van der Waals surface area (Å²) >= 11 is 0. The van der Waals surface area contributed by atoms with Crippen LogP contribution in [0.25, 0.3) is 10.8 Å². The Bertz CT molecular complexity index is 1280. The van der Waals surface area contributed by atoms with Crippen molar-refractivity contribution in [2.75, 3.05) is 4.90 Å². The van der Waals surface area contributed by atoms with E-state index >= 15 is 0 Å². The molecule has 0 bridgehead atoms. The molecule has 0 atom stereocenters. The van der Waals surface area contributed by atoms with Gasteiger partial charge in [0.1, 0.15) is 0 Å². The molecule has 30 heavy (non-hydrogen) atoms. The minimum atomic E-state index is -0.681. The summed E-state index contributed by atoms with van der Waals surface area (Å²) in [6.07, 6.45) is 3.16. The molecule has 3 aromatic carbocycles. The van der Waals surface area contributed by atoms with Crippen molar-refractivity contribution in [1.29, 1.82) is 0 Å². The van der Waals surface area contributed by atoms with Gasteiger partial charge in [-0.3, -0.25) is 9.59 Å². The van der Waals surface area contributed by atoms with Crippen LogP contribution < -0.4 is 14.5 Å². The standard InChI is InChI=1S/C24H15N2O4/c27-22-18-11-6-8-16-9-7-12-19(21(16)18)23(28)26(22)20-13-3-2-10-17(20)24(29)30-25-14-4-1-5-15-25/h1-15H/q+1. The molecule has 5 rings (SSSR count). The molecule has 1 aliphatic rings. The molecule has 0 saturated heterocycles. The Morgan fingerprint density at radius 1 is 0.733 bits per heavy atom. The maximum absolute atomic E-state index is 13.3. The molecule has 0 spiro atoms. The Hall–Kier alpha value is -4.32. The molecule has 4 aromatic rings. The average molecular weight is 395 g/mol. The second-order valence-electron chi connectivity index (χ2n) is 6.79. The van der Waals surface area contributed by atoms with Crippen molar-refractivity contribution in [1.82, 2.24) is 0 Å². The minimum absolute atomic E-state index is 0.113. The fraction of sp³-hybridized carbons (Fsp3) is 0. The van der Waals surface area contributed by atoms with Gasteiger partial charge in [-0.05, 0) is 29.7 Å². The normalized spacial score (nSPS) is 12.9. The quantitative estimate of drug-likeness (QED) is 0.395. The van der Waals surface area contributed by atoms with Gasteiger partial charge in [-0.2, -0.15) is 4.84 Å². The maximum Gasteiger partial charge on any atom is 0.413 e. The van der Waals surface area contributed by atoms with Gasteiger partial charge >= 0.3 is 5.97 Å². The number of imide groups is 1. The summed E-state index contributed by atoms with van der Waals surface area (Å²) in [5.41, 5.74) is 1.13. The van der Waals surface area contributed by atoms with E-state index in [9.17, 15) is 14.4 Å². The molecular weight excluding hydrogens is 380 g/mol.